The lowest BCUT2D eigenvalue weighted by Crippen LogP contribution is -2.46. The summed E-state index contributed by atoms with van der Waals surface area (Å²) in [7, 11) is 0. The van der Waals surface area contributed by atoms with Crippen LogP contribution in [0.3, 0.4) is 0 Å². The van der Waals surface area contributed by atoms with Crippen LogP contribution in [-0.2, 0) is 6.54 Å². The summed E-state index contributed by atoms with van der Waals surface area (Å²) in [6, 6.07) is 14.8. The van der Waals surface area contributed by atoms with Gasteiger partial charge in [-0.25, -0.2) is 4.98 Å². The zero-order valence-electron chi connectivity index (χ0n) is 17.5. The Morgan fingerprint density at radius 2 is 1.84 bits per heavy atom. The van der Waals surface area contributed by atoms with Crippen LogP contribution in [0.25, 0.3) is 16.5 Å². The predicted molar refractivity (Wildman–Crippen MR) is 123 cm³/mol. The summed E-state index contributed by atoms with van der Waals surface area (Å²) in [5, 5.41) is 2.54. The summed E-state index contributed by atoms with van der Waals surface area (Å²) in [5.41, 5.74) is 1.49. The van der Waals surface area contributed by atoms with Crippen molar-refractivity contribution in [3.8, 4) is 11.4 Å². The number of nitrogens with zero attached hydrogens (tertiary/aromatic N) is 4. The van der Waals surface area contributed by atoms with E-state index in [-0.39, 0.29) is 11.5 Å². The number of imidazole rings is 1. The van der Waals surface area contributed by atoms with Crippen LogP contribution in [0, 0.1) is 6.92 Å². The van der Waals surface area contributed by atoms with E-state index in [2.05, 4.69) is 4.98 Å². The number of fused-ring (bicyclic) bond motifs is 2. The molecule has 1 aliphatic rings. The van der Waals surface area contributed by atoms with Crippen LogP contribution in [0.2, 0.25) is 5.02 Å². The number of carbonyl (C=O) groups excluding carboxylic acids is 1. The molecule has 7 nitrogen and oxygen atoms in total. The van der Waals surface area contributed by atoms with Crippen LogP contribution in [0.1, 0.15) is 16.2 Å². The number of ether oxygens (including phenoxy) is 1. The highest BCUT2D eigenvalue weighted by molar-refractivity contribution is 6.35. The number of hydrogen-bond acceptors (Lipinski definition) is 4. The number of hydrogen-bond donors (Lipinski definition) is 0. The number of rotatable bonds is 5. The smallest absolute Gasteiger partial charge is 0.275 e. The number of benzene rings is 2. The fraction of sp³-hybridized carbons (Fsp3) is 0.208. The van der Waals surface area contributed by atoms with Gasteiger partial charge in [-0.2, -0.15) is 0 Å². The van der Waals surface area contributed by atoms with Crippen molar-refractivity contribution in [1.29, 1.82) is 0 Å². The van der Waals surface area contributed by atoms with Crippen LogP contribution < -0.4 is 10.3 Å². The van der Waals surface area contributed by atoms with E-state index in [1.165, 1.54) is 4.57 Å². The van der Waals surface area contributed by atoms with Crippen LogP contribution >= 0.6 is 11.6 Å². The number of amides is 1. The zero-order chi connectivity index (χ0) is 22.2. The molecule has 0 spiro atoms. The zero-order valence-corrected chi connectivity index (χ0v) is 18.2. The molecule has 162 valence electrons. The molecular weight excluding hydrogens is 428 g/mol. The van der Waals surface area contributed by atoms with E-state index in [1.54, 1.807) is 34.1 Å². The molecule has 0 fully saturated rings. The van der Waals surface area contributed by atoms with Gasteiger partial charge in [0.2, 0.25) is 0 Å². The fourth-order valence-electron chi connectivity index (χ4n) is 4.05. The summed E-state index contributed by atoms with van der Waals surface area (Å²) < 4.78 is 9.21. The van der Waals surface area contributed by atoms with Crippen molar-refractivity contribution < 1.29 is 9.53 Å². The van der Waals surface area contributed by atoms with Crippen LogP contribution in [0.15, 0.2) is 65.8 Å². The van der Waals surface area contributed by atoms with Gasteiger partial charge in [-0.3, -0.25) is 9.59 Å². The molecule has 0 bridgehead atoms. The van der Waals surface area contributed by atoms with Crippen molar-refractivity contribution in [2.75, 3.05) is 19.7 Å². The molecule has 0 aliphatic carbocycles. The average Bonchev–Trinajstić information content (AvgIpc) is 3.23. The second-order valence-corrected chi connectivity index (χ2v) is 8.12. The summed E-state index contributed by atoms with van der Waals surface area (Å²) >= 11 is 6.27. The molecule has 0 saturated heterocycles. The standard InChI is InChI=1S/C24H21ClN4O3/c1-16-14-28(15-26-16)20-7-8-21-23(30)27(10-11-29(21)24(20)31)12-13-32-22-9-6-19(25)17-4-2-3-5-18(17)22/h2-9,14-15H,10-13H2,1H3. The van der Waals surface area contributed by atoms with Gasteiger partial charge in [0.1, 0.15) is 23.7 Å². The van der Waals surface area contributed by atoms with Crippen LogP contribution in [0.4, 0.5) is 0 Å². The van der Waals surface area contributed by atoms with Gasteiger partial charge in [-0.05, 0) is 31.2 Å². The van der Waals surface area contributed by atoms with Gasteiger partial charge in [0.15, 0.2) is 0 Å². The maximum Gasteiger partial charge on any atom is 0.275 e. The second-order valence-electron chi connectivity index (χ2n) is 7.71. The van der Waals surface area contributed by atoms with Crippen molar-refractivity contribution in [2.45, 2.75) is 13.5 Å². The van der Waals surface area contributed by atoms with Crippen LogP contribution in [-0.4, -0.2) is 44.6 Å². The van der Waals surface area contributed by atoms with Gasteiger partial charge in [0.25, 0.3) is 11.5 Å². The number of carbonyl (C=O) groups is 1. The first kappa shape index (κ1) is 20.3. The normalized spacial score (nSPS) is 13.4. The Labute approximate surface area is 189 Å². The van der Waals surface area contributed by atoms with Gasteiger partial charge in [-0.1, -0.05) is 35.9 Å². The molecule has 0 atom stereocenters. The third-order valence-corrected chi connectivity index (χ3v) is 6.02. The lowest BCUT2D eigenvalue weighted by molar-refractivity contribution is 0.0673. The summed E-state index contributed by atoms with van der Waals surface area (Å²) in [6.07, 6.45) is 3.40. The van der Waals surface area contributed by atoms with E-state index in [1.807, 2.05) is 43.3 Å². The minimum absolute atomic E-state index is 0.175. The molecule has 0 radical (unpaired) electrons. The highest BCUT2D eigenvalue weighted by Crippen LogP contribution is 2.31. The maximum absolute atomic E-state index is 13.0. The Morgan fingerprint density at radius 1 is 1.03 bits per heavy atom. The Balaban J connectivity index is 1.31. The van der Waals surface area contributed by atoms with Gasteiger partial charge in [0, 0.05) is 35.1 Å². The molecule has 4 aromatic rings. The number of pyridine rings is 1. The molecule has 0 unspecified atom stereocenters. The van der Waals surface area contributed by atoms with E-state index in [0.29, 0.717) is 42.6 Å². The third kappa shape index (κ3) is 3.54. The summed E-state index contributed by atoms with van der Waals surface area (Å²) in [5.74, 6) is 0.553. The van der Waals surface area contributed by atoms with Gasteiger partial charge in [-0.15, -0.1) is 0 Å². The molecule has 0 N–H and O–H groups in total. The first-order chi connectivity index (χ1) is 15.5. The lowest BCUT2D eigenvalue weighted by atomic mass is 10.1. The molecule has 32 heavy (non-hydrogen) atoms. The average molecular weight is 449 g/mol. The van der Waals surface area contributed by atoms with Crippen LogP contribution in [0.5, 0.6) is 5.75 Å². The topological polar surface area (TPSA) is 69.4 Å². The van der Waals surface area contributed by atoms with E-state index in [9.17, 15) is 9.59 Å². The molecule has 3 heterocycles. The summed E-state index contributed by atoms with van der Waals surface area (Å²) in [6.45, 7) is 3.51. The van der Waals surface area contributed by atoms with Gasteiger partial charge >= 0.3 is 0 Å². The minimum Gasteiger partial charge on any atom is -0.491 e. The fourth-order valence-corrected chi connectivity index (χ4v) is 4.28. The van der Waals surface area contributed by atoms with Crippen molar-refractivity contribution >= 4 is 28.3 Å². The van der Waals surface area contributed by atoms with Crippen molar-refractivity contribution in [2.24, 2.45) is 0 Å². The molecule has 2 aromatic carbocycles. The monoisotopic (exact) mass is 448 g/mol. The predicted octanol–water partition coefficient (Wildman–Crippen LogP) is 3.68. The number of halogens is 1. The Kier molecular flexibility index (Phi) is 5.19. The molecule has 1 aliphatic heterocycles. The van der Waals surface area contributed by atoms with Crippen molar-refractivity contribution in [3.63, 3.8) is 0 Å². The Morgan fingerprint density at radius 3 is 2.62 bits per heavy atom. The van der Waals surface area contributed by atoms with E-state index in [4.69, 9.17) is 16.3 Å². The largest absolute Gasteiger partial charge is 0.491 e. The highest BCUT2D eigenvalue weighted by atomic mass is 35.5. The molecule has 2 aromatic heterocycles. The summed E-state index contributed by atoms with van der Waals surface area (Å²) in [4.78, 5) is 31.8. The third-order valence-electron chi connectivity index (χ3n) is 5.69. The van der Waals surface area contributed by atoms with Crippen molar-refractivity contribution in [1.82, 2.24) is 19.0 Å². The van der Waals surface area contributed by atoms with E-state index >= 15 is 0 Å². The van der Waals surface area contributed by atoms with Gasteiger partial charge in [0.05, 0.1) is 18.6 Å². The Hall–Kier alpha value is -3.58. The first-order valence-corrected chi connectivity index (χ1v) is 10.7. The van der Waals surface area contributed by atoms with E-state index < -0.39 is 0 Å². The SMILES string of the molecule is Cc1cn(-c2ccc3n(c2=O)CCN(CCOc2ccc(Cl)c4ccccc24)C3=O)cn1. The molecular formula is C24H21ClN4O3. The number of aromatic nitrogens is 3. The molecule has 8 heteroatoms. The maximum atomic E-state index is 13.0. The lowest BCUT2D eigenvalue weighted by Gasteiger charge is -2.29. The molecule has 0 saturated carbocycles. The quantitative estimate of drug-likeness (QED) is 0.467. The second kappa shape index (κ2) is 8.16. The minimum atomic E-state index is -0.197. The van der Waals surface area contributed by atoms with E-state index in [0.717, 1.165) is 22.2 Å². The first-order valence-electron chi connectivity index (χ1n) is 10.4. The van der Waals surface area contributed by atoms with Gasteiger partial charge < -0.3 is 18.8 Å². The molecule has 5 rings (SSSR count). The Bertz CT molecular complexity index is 1390. The van der Waals surface area contributed by atoms with Crippen molar-refractivity contribution in [3.05, 3.63) is 87.8 Å². The number of aryl methyl sites for hydroxylation is 1. The highest BCUT2D eigenvalue weighted by Gasteiger charge is 2.26. The molecule has 1 amide bonds.